The van der Waals surface area contributed by atoms with E-state index in [1.165, 1.54) is 29.6 Å². The highest BCUT2D eigenvalue weighted by Crippen LogP contribution is 2.38. The zero-order valence-electron chi connectivity index (χ0n) is 9.76. The van der Waals surface area contributed by atoms with Gasteiger partial charge in [-0.05, 0) is 48.1 Å². The molecule has 0 saturated carbocycles. The Hall–Kier alpha value is -1.89. The van der Waals surface area contributed by atoms with E-state index in [0.717, 1.165) is 12.1 Å². The third kappa shape index (κ3) is 2.01. The summed E-state index contributed by atoms with van der Waals surface area (Å²) in [5, 5.41) is 0. The van der Waals surface area contributed by atoms with Crippen LogP contribution in [0.5, 0.6) is 0 Å². The molecule has 0 N–H and O–H groups in total. The Labute approximate surface area is 102 Å². The normalized spacial score (nSPS) is 15.3. The lowest BCUT2D eigenvalue weighted by Gasteiger charge is -2.07. The summed E-state index contributed by atoms with van der Waals surface area (Å²) >= 11 is 0. The minimum absolute atomic E-state index is 1.14. The maximum atomic E-state index is 4.48. The Morgan fingerprint density at radius 1 is 0.765 bits per heavy atom. The molecule has 0 atom stereocenters. The van der Waals surface area contributed by atoms with Crippen molar-refractivity contribution in [2.75, 3.05) is 0 Å². The van der Waals surface area contributed by atoms with Gasteiger partial charge < -0.3 is 0 Å². The van der Waals surface area contributed by atoms with Crippen molar-refractivity contribution in [2.24, 2.45) is 0 Å². The highest BCUT2D eigenvalue weighted by Gasteiger charge is 2.17. The molecule has 0 radical (unpaired) electrons. The van der Waals surface area contributed by atoms with E-state index in [-0.39, 0.29) is 0 Å². The predicted octanol–water partition coefficient (Wildman–Crippen LogP) is 4.18. The molecule has 1 aromatic carbocycles. The quantitative estimate of drug-likeness (QED) is 0.741. The fraction of sp³-hybridized carbons (Fsp3) is 0.188. The maximum absolute atomic E-state index is 4.48. The lowest BCUT2D eigenvalue weighted by molar-refractivity contribution is 0.939. The molecule has 1 aromatic heterocycles. The molecule has 0 aliphatic heterocycles. The number of hydrogen-bond donors (Lipinski definition) is 0. The number of nitrogens with zero attached hydrogens (tertiary/aromatic N) is 1. The van der Waals surface area contributed by atoms with Crippen LogP contribution in [0.3, 0.4) is 0 Å². The van der Waals surface area contributed by atoms with Crippen molar-refractivity contribution >= 4 is 11.1 Å². The summed E-state index contributed by atoms with van der Waals surface area (Å²) in [6.45, 7) is 0. The van der Waals surface area contributed by atoms with Crippen LogP contribution in [-0.2, 0) is 0 Å². The summed E-state index contributed by atoms with van der Waals surface area (Å²) in [6, 6.07) is 16.8. The second kappa shape index (κ2) is 4.54. The van der Waals surface area contributed by atoms with Crippen molar-refractivity contribution in [3.8, 4) is 0 Å². The van der Waals surface area contributed by atoms with Crippen LogP contribution in [0.4, 0.5) is 0 Å². The highest BCUT2D eigenvalue weighted by molar-refractivity contribution is 5.91. The molecule has 3 rings (SSSR count). The van der Waals surface area contributed by atoms with Gasteiger partial charge >= 0.3 is 0 Å². The summed E-state index contributed by atoms with van der Waals surface area (Å²) < 4.78 is 0. The number of hydrogen-bond acceptors (Lipinski definition) is 1. The van der Waals surface area contributed by atoms with Gasteiger partial charge in [0.25, 0.3) is 0 Å². The Bertz CT molecular complexity index is 476. The van der Waals surface area contributed by atoms with Crippen molar-refractivity contribution in [3.63, 3.8) is 0 Å². The average Bonchev–Trinajstić information content (AvgIpc) is 2.90. The van der Waals surface area contributed by atoms with Gasteiger partial charge in [0.15, 0.2) is 0 Å². The van der Waals surface area contributed by atoms with Gasteiger partial charge in [-0.1, -0.05) is 36.4 Å². The summed E-state index contributed by atoms with van der Waals surface area (Å²) in [6.07, 6.45) is 5.45. The molecule has 1 aliphatic carbocycles. The molecule has 17 heavy (non-hydrogen) atoms. The Balaban J connectivity index is 2.08. The van der Waals surface area contributed by atoms with E-state index in [4.69, 9.17) is 0 Å². The number of pyridine rings is 1. The summed E-state index contributed by atoms with van der Waals surface area (Å²) in [5.74, 6) is 0. The third-order valence-corrected chi connectivity index (χ3v) is 3.31. The first-order chi connectivity index (χ1) is 8.45. The van der Waals surface area contributed by atoms with E-state index >= 15 is 0 Å². The number of aromatic nitrogens is 1. The van der Waals surface area contributed by atoms with E-state index in [0.29, 0.717) is 0 Å². The van der Waals surface area contributed by atoms with Crippen molar-refractivity contribution < 1.29 is 0 Å². The molecule has 1 nitrogen and oxygen atoms in total. The predicted molar refractivity (Wildman–Crippen MR) is 71.3 cm³/mol. The molecule has 0 saturated heterocycles. The smallest absolute Gasteiger partial charge is 0.0664 e. The van der Waals surface area contributed by atoms with Crippen molar-refractivity contribution in [3.05, 3.63) is 66.0 Å². The maximum Gasteiger partial charge on any atom is 0.0664 e. The molecular weight excluding hydrogens is 206 g/mol. The van der Waals surface area contributed by atoms with Crippen LogP contribution in [0.1, 0.15) is 30.5 Å². The van der Waals surface area contributed by atoms with E-state index in [1.54, 1.807) is 0 Å². The van der Waals surface area contributed by atoms with E-state index < -0.39 is 0 Å². The molecule has 0 spiro atoms. The Kier molecular flexibility index (Phi) is 2.74. The van der Waals surface area contributed by atoms with Crippen molar-refractivity contribution in [1.82, 2.24) is 4.98 Å². The standard InChI is InChI=1S/C16H15N/c1-2-7-13(8-3-1)14-9-6-10-15(14)16-11-4-5-12-17-16/h1-5,7-8,11-12H,6,9-10H2. The lowest BCUT2D eigenvalue weighted by atomic mass is 10.0. The molecule has 0 bridgehead atoms. The van der Waals surface area contributed by atoms with Gasteiger partial charge in [-0.2, -0.15) is 0 Å². The monoisotopic (exact) mass is 221 g/mol. The zero-order chi connectivity index (χ0) is 11.5. The molecule has 0 amide bonds. The van der Waals surface area contributed by atoms with Crippen LogP contribution in [0, 0.1) is 0 Å². The van der Waals surface area contributed by atoms with Gasteiger partial charge in [-0.3, -0.25) is 4.98 Å². The topological polar surface area (TPSA) is 12.9 Å². The largest absolute Gasteiger partial charge is 0.257 e. The molecule has 1 aliphatic rings. The number of allylic oxidation sites excluding steroid dienone is 2. The van der Waals surface area contributed by atoms with Gasteiger partial charge in [0.05, 0.1) is 5.69 Å². The van der Waals surface area contributed by atoms with Crippen LogP contribution < -0.4 is 0 Å². The molecule has 0 unspecified atom stereocenters. The van der Waals surface area contributed by atoms with Crippen LogP contribution in [0.25, 0.3) is 11.1 Å². The van der Waals surface area contributed by atoms with Crippen LogP contribution in [-0.4, -0.2) is 4.98 Å². The molecular formula is C16H15N. The minimum Gasteiger partial charge on any atom is -0.257 e. The van der Waals surface area contributed by atoms with Gasteiger partial charge in [0, 0.05) is 6.20 Å². The Morgan fingerprint density at radius 3 is 2.29 bits per heavy atom. The van der Waals surface area contributed by atoms with Gasteiger partial charge in [-0.15, -0.1) is 0 Å². The van der Waals surface area contributed by atoms with Crippen LogP contribution >= 0.6 is 0 Å². The molecule has 1 heterocycles. The van der Waals surface area contributed by atoms with Gasteiger partial charge in [0.1, 0.15) is 0 Å². The van der Waals surface area contributed by atoms with Crippen LogP contribution in [0.2, 0.25) is 0 Å². The van der Waals surface area contributed by atoms with E-state index in [9.17, 15) is 0 Å². The summed E-state index contributed by atoms with van der Waals surface area (Å²) in [7, 11) is 0. The number of benzene rings is 1. The lowest BCUT2D eigenvalue weighted by Crippen LogP contribution is -1.88. The minimum atomic E-state index is 1.14. The summed E-state index contributed by atoms with van der Waals surface area (Å²) in [5.41, 5.74) is 5.40. The van der Waals surface area contributed by atoms with Crippen LogP contribution in [0.15, 0.2) is 54.7 Å². The fourth-order valence-corrected chi connectivity index (χ4v) is 2.53. The molecule has 84 valence electrons. The second-order valence-corrected chi connectivity index (χ2v) is 4.39. The highest BCUT2D eigenvalue weighted by atomic mass is 14.7. The third-order valence-electron chi connectivity index (χ3n) is 3.31. The first kappa shape index (κ1) is 10.3. The second-order valence-electron chi connectivity index (χ2n) is 4.39. The SMILES string of the molecule is c1ccc(C2=C(c3ccccn3)CCC2)cc1. The average molecular weight is 221 g/mol. The molecule has 1 heteroatoms. The Morgan fingerprint density at radius 2 is 1.53 bits per heavy atom. The van der Waals surface area contributed by atoms with Gasteiger partial charge in [-0.25, -0.2) is 0 Å². The summed E-state index contributed by atoms with van der Waals surface area (Å²) in [4.78, 5) is 4.48. The van der Waals surface area contributed by atoms with Crippen molar-refractivity contribution in [2.45, 2.75) is 19.3 Å². The van der Waals surface area contributed by atoms with Gasteiger partial charge in [0.2, 0.25) is 0 Å². The van der Waals surface area contributed by atoms with E-state index in [2.05, 4.69) is 47.4 Å². The van der Waals surface area contributed by atoms with E-state index in [1.807, 2.05) is 12.3 Å². The molecule has 2 aromatic rings. The number of rotatable bonds is 2. The fourth-order valence-electron chi connectivity index (χ4n) is 2.53. The first-order valence-electron chi connectivity index (χ1n) is 6.14. The van der Waals surface area contributed by atoms with Crippen molar-refractivity contribution in [1.29, 1.82) is 0 Å². The molecule has 0 fully saturated rings. The first-order valence-corrected chi connectivity index (χ1v) is 6.14. The zero-order valence-corrected chi connectivity index (χ0v) is 9.76.